The Kier molecular flexibility index (Phi) is 4.58. The van der Waals surface area contributed by atoms with E-state index >= 15 is 0 Å². The second-order valence-electron chi connectivity index (χ2n) is 6.25. The summed E-state index contributed by atoms with van der Waals surface area (Å²) in [6.45, 7) is 1.12. The fourth-order valence-corrected chi connectivity index (χ4v) is 2.95. The maximum absolute atomic E-state index is 12.2. The van der Waals surface area contributed by atoms with Crippen molar-refractivity contribution >= 4 is 23.3 Å². The fourth-order valence-electron chi connectivity index (χ4n) is 2.82. The van der Waals surface area contributed by atoms with Crippen molar-refractivity contribution in [3.63, 3.8) is 0 Å². The molecular weight excluding hydrogens is 352 g/mol. The molecule has 7 heteroatoms. The van der Waals surface area contributed by atoms with E-state index in [0.29, 0.717) is 41.9 Å². The first-order valence-electron chi connectivity index (χ1n) is 8.35. The molecule has 1 saturated heterocycles. The topological polar surface area (TPSA) is 71.3 Å². The Morgan fingerprint density at radius 1 is 1.15 bits per heavy atom. The van der Waals surface area contributed by atoms with Crippen LogP contribution in [0.25, 0.3) is 0 Å². The molecule has 2 aromatic carbocycles. The summed E-state index contributed by atoms with van der Waals surface area (Å²) in [5.74, 6) is 1.34. The molecule has 4 rings (SSSR count). The van der Waals surface area contributed by atoms with Crippen molar-refractivity contribution in [1.82, 2.24) is 15.0 Å². The number of urea groups is 1. The van der Waals surface area contributed by atoms with E-state index in [1.54, 1.807) is 29.2 Å². The third-order valence-electron chi connectivity index (χ3n) is 4.30. The fraction of sp³-hybridized carbons (Fsp3) is 0.211. The highest BCUT2D eigenvalue weighted by Gasteiger charge is 2.35. The number of anilines is 1. The molecule has 0 unspecified atom stereocenters. The highest BCUT2D eigenvalue weighted by Crippen LogP contribution is 2.27. The van der Waals surface area contributed by atoms with Gasteiger partial charge in [0.05, 0.1) is 5.92 Å². The number of benzene rings is 2. The summed E-state index contributed by atoms with van der Waals surface area (Å²) >= 11 is 5.84. The summed E-state index contributed by atoms with van der Waals surface area (Å²) in [4.78, 5) is 18.4. The molecule has 132 valence electrons. The predicted molar refractivity (Wildman–Crippen MR) is 98.3 cm³/mol. The third-order valence-corrected chi connectivity index (χ3v) is 4.55. The molecule has 3 aromatic rings. The first-order valence-corrected chi connectivity index (χ1v) is 8.73. The Morgan fingerprint density at radius 3 is 2.62 bits per heavy atom. The Hall–Kier alpha value is -2.86. The number of rotatable bonds is 4. The number of halogens is 1. The van der Waals surface area contributed by atoms with Gasteiger partial charge in [-0.3, -0.25) is 0 Å². The van der Waals surface area contributed by atoms with Crippen LogP contribution in [-0.4, -0.2) is 34.2 Å². The zero-order valence-electron chi connectivity index (χ0n) is 13.9. The number of nitrogens with zero attached hydrogens (tertiary/aromatic N) is 3. The number of amides is 2. The molecule has 6 nitrogen and oxygen atoms in total. The van der Waals surface area contributed by atoms with Crippen LogP contribution < -0.4 is 5.32 Å². The molecule has 26 heavy (non-hydrogen) atoms. The van der Waals surface area contributed by atoms with Crippen LogP contribution in [0.1, 0.15) is 23.2 Å². The summed E-state index contributed by atoms with van der Waals surface area (Å²) in [7, 11) is 0. The van der Waals surface area contributed by atoms with Gasteiger partial charge in [0.25, 0.3) is 0 Å². The van der Waals surface area contributed by atoms with Gasteiger partial charge >= 0.3 is 6.03 Å². The molecule has 2 amide bonds. The summed E-state index contributed by atoms with van der Waals surface area (Å²) in [6.07, 6.45) is 0.637. The van der Waals surface area contributed by atoms with E-state index in [0.717, 1.165) is 5.56 Å². The summed E-state index contributed by atoms with van der Waals surface area (Å²) in [5, 5.41) is 7.52. The van der Waals surface area contributed by atoms with Gasteiger partial charge in [-0.25, -0.2) is 4.79 Å². The molecule has 0 atom stereocenters. The average molecular weight is 369 g/mol. The Bertz CT molecular complexity index is 889. The Morgan fingerprint density at radius 2 is 1.88 bits per heavy atom. The predicted octanol–water partition coefficient (Wildman–Crippen LogP) is 3.95. The molecule has 0 spiro atoms. The molecule has 1 aromatic heterocycles. The summed E-state index contributed by atoms with van der Waals surface area (Å²) < 4.78 is 5.37. The lowest BCUT2D eigenvalue weighted by Gasteiger charge is -2.36. The van der Waals surface area contributed by atoms with Crippen LogP contribution in [0.2, 0.25) is 5.02 Å². The maximum Gasteiger partial charge on any atom is 0.321 e. The zero-order valence-corrected chi connectivity index (χ0v) is 14.7. The van der Waals surface area contributed by atoms with Crippen molar-refractivity contribution in [1.29, 1.82) is 0 Å². The number of likely N-dealkylation sites (tertiary alicyclic amines) is 1. The van der Waals surface area contributed by atoms with E-state index in [9.17, 15) is 4.79 Å². The highest BCUT2D eigenvalue weighted by atomic mass is 35.5. The van der Waals surface area contributed by atoms with Gasteiger partial charge in [-0.2, -0.15) is 4.98 Å². The van der Waals surface area contributed by atoms with E-state index in [-0.39, 0.29) is 11.9 Å². The van der Waals surface area contributed by atoms with E-state index in [4.69, 9.17) is 16.1 Å². The molecule has 1 aliphatic rings. The lowest BCUT2D eigenvalue weighted by Crippen LogP contribution is -2.50. The molecule has 1 aliphatic heterocycles. The van der Waals surface area contributed by atoms with Crippen LogP contribution in [-0.2, 0) is 6.42 Å². The molecule has 0 radical (unpaired) electrons. The van der Waals surface area contributed by atoms with Crippen molar-refractivity contribution in [3.05, 3.63) is 76.9 Å². The first kappa shape index (κ1) is 16.6. The first-order chi connectivity index (χ1) is 12.7. The van der Waals surface area contributed by atoms with Crippen molar-refractivity contribution in [2.75, 3.05) is 18.4 Å². The molecule has 1 N–H and O–H groups in total. The van der Waals surface area contributed by atoms with Crippen LogP contribution in [0.15, 0.2) is 59.1 Å². The lowest BCUT2D eigenvalue weighted by atomic mass is 10.0. The van der Waals surface area contributed by atoms with Gasteiger partial charge in [-0.05, 0) is 29.8 Å². The number of hydrogen-bond donors (Lipinski definition) is 1. The third kappa shape index (κ3) is 3.70. The van der Waals surface area contributed by atoms with Crippen LogP contribution in [0.4, 0.5) is 10.5 Å². The number of nitrogens with one attached hydrogen (secondary N) is 1. The standard InChI is InChI=1S/C19H17ClN4O2/c20-15-6-8-16(9-7-15)21-19(25)24-11-14(12-24)18-22-17(23-26-18)10-13-4-2-1-3-5-13/h1-9,14H,10-12H2,(H,21,25). The summed E-state index contributed by atoms with van der Waals surface area (Å²) in [6, 6.07) is 16.9. The minimum atomic E-state index is -0.146. The quantitative estimate of drug-likeness (QED) is 0.757. The van der Waals surface area contributed by atoms with Gasteiger partial charge in [-0.1, -0.05) is 47.1 Å². The minimum Gasteiger partial charge on any atom is -0.339 e. The monoisotopic (exact) mass is 368 g/mol. The molecule has 0 saturated carbocycles. The smallest absolute Gasteiger partial charge is 0.321 e. The van der Waals surface area contributed by atoms with Crippen LogP contribution in [0, 0.1) is 0 Å². The van der Waals surface area contributed by atoms with E-state index < -0.39 is 0 Å². The minimum absolute atomic E-state index is 0.0861. The van der Waals surface area contributed by atoms with Crippen molar-refractivity contribution < 1.29 is 9.32 Å². The van der Waals surface area contributed by atoms with Crippen LogP contribution >= 0.6 is 11.6 Å². The number of carbonyl (C=O) groups is 1. The molecule has 0 bridgehead atoms. The Balaban J connectivity index is 1.30. The van der Waals surface area contributed by atoms with Crippen molar-refractivity contribution in [2.24, 2.45) is 0 Å². The second-order valence-corrected chi connectivity index (χ2v) is 6.69. The normalized spacial score (nSPS) is 14.1. The largest absolute Gasteiger partial charge is 0.339 e. The van der Waals surface area contributed by atoms with Crippen LogP contribution in [0.5, 0.6) is 0 Å². The number of aromatic nitrogens is 2. The zero-order chi connectivity index (χ0) is 17.9. The molecule has 0 aliphatic carbocycles. The molecule has 2 heterocycles. The van der Waals surface area contributed by atoms with Gasteiger partial charge in [0.15, 0.2) is 5.82 Å². The van der Waals surface area contributed by atoms with Gasteiger partial charge in [0, 0.05) is 30.2 Å². The van der Waals surface area contributed by atoms with Gasteiger partial charge in [-0.15, -0.1) is 0 Å². The van der Waals surface area contributed by atoms with Gasteiger partial charge < -0.3 is 14.7 Å². The molecule has 1 fully saturated rings. The van der Waals surface area contributed by atoms with Crippen molar-refractivity contribution in [2.45, 2.75) is 12.3 Å². The van der Waals surface area contributed by atoms with Gasteiger partial charge in [0.2, 0.25) is 5.89 Å². The number of hydrogen-bond acceptors (Lipinski definition) is 4. The Labute approximate surface area is 155 Å². The lowest BCUT2D eigenvalue weighted by molar-refractivity contribution is 0.147. The van der Waals surface area contributed by atoms with Gasteiger partial charge in [0.1, 0.15) is 0 Å². The van der Waals surface area contributed by atoms with E-state index in [1.807, 2.05) is 30.3 Å². The average Bonchev–Trinajstić information content (AvgIpc) is 3.04. The summed E-state index contributed by atoms with van der Waals surface area (Å²) in [5.41, 5.74) is 1.85. The maximum atomic E-state index is 12.2. The highest BCUT2D eigenvalue weighted by molar-refractivity contribution is 6.30. The van der Waals surface area contributed by atoms with Crippen molar-refractivity contribution in [3.8, 4) is 0 Å². The second kappa shape index (κ2) is 7.17. The van der Waals surface area contributed by atoms with E-state index in [1.165, 1.54) is 0 Å². The van der Waals surface area contributed by atoms with E-state index in [2.05, 4.69) is 15.5 Å². The molecular formula is C19H17ClN4O2. The van der Waals surface area contributed by atoms with Crippen LogP contribution in [0.3, 0.4) is 0 Å². The SMILES string of the molecule is O=C(Nc1ccc(Cl)cc1)N1CC(c2nc(Cc3ccccc3)no2)C1. The number of carbonyl (C=O) groups excluding carboxylic acids is 1.